The number of sulfone groups is 1. The van der Waals surface area contributed by atoms with Gasteiger partial charge in [0.1, 0.15) is 15.6 Å². The summed E-state index contributed by atoms with van der Waals surface area (Å²) < 4.78 is 73.8. The second kappa shape index (κ2) is 11.3. The number of nitrogens with zero attached hydrogens (tertiary/aromatic N) is 3. The summed E-state index contributed by atoms with van der Waals surface area (Å²) in [6.45, 7) is 2.76. The van der Waals surface area contributed by atoms with Gasteiger partial charge in [0.25, 0.3) is 5.91 Å². The lowest BCUT2D eigenvalue weighted by Crippen LogP contribution is -2.47. The lowest BCUT2D eigenvalue weighted by Gasteiger charge is -2.35. The zero-order valence-electron chi connectivity index (χ0n) is 21.3. The molecule has 1 amide bonds. The number of rotatable bonds is 9. The van der Waals surface area contributed by atoms with Crippen molar-refractivity contribution in [3.8, 4) is 22.9 Å². The van der Waals surface area contributed by atoms with Crippen LogP contribution in [-0.4, -0.2) is 77.2 Å². The van der Waals surface area contributed by atoms with E-state index < -0.39 is 38.9 Å². The average molecular weight is 583 g/mol. The Bertz CT molecular complexity index is 1280. The highest BCUT2D eigenvalue weighted by molar-refractivity contribution is 7.91. The van der Waals surface area contributed by atoms with Crippen LogP contribution < -0.4 is 14.8 Å². The number of aromatic nitrogens is 3. The molecule has 2 heterocycles. The van der Waals surface area contributed by atoms with E-state index in [4.69, 9.17) is 21.1 Å². The van der Waals surface area contributed by atoms with Gasteiger partial charge in [0.15, 0.2) is 11.8 Å². The van der Waals surface area contributed by atoms with E-state index in [1.807, 2.05) is 0 Å². The van der Waals surface area contributed by atoms with Gasteiger partial charge in [-0.3, -0.25) is 9.48 Å². The SMILES string of the molecule is CCn1nc(C(=O)NCC2(O)CCC(S(C)(=O)=O)CC2)c(Cl)c1-c1cnc(O[C@H](C)C(F)(F)F)cc1OC. The fraction of sp³-hybridized carbons (Fsp3) is 0.609. The molecule has 0 aliphatic heterocycles. The molecule has 1 aliphatic rings. The lowest BCUT2D eigenvalue weighted by molar-refractivity contribution is -0.190. The molecule has 0 unspecified atom stereocenters. The van der Waals surface area contributed by atoms with E-state index in [9.17, 15) is 31.5 Å². The van der Waals surface area contributed by atoms with E-state index in [0.29, 0.717) is 0 Å². The number of carbonyl (C=O) groups is 1. The Hall–Kier alpha value is -2.58. The van der Waals surface area contributed by atoms with Gasteiger partial charge in [-0.05, 0) is 39.5 Å². The summed E-state index contributed by atoms with van der Waals surface area (Å²) >= 11 is 6.54. The van der Waals surface area contributed by atoms with Crippen LogP contribution in [0, 0.1) is 0 Å². The molecule has 3 rings (SSSR count). The van der Waals surface area contributed by atoms with E-state index >= 15 is 0 Å². The maximum absolute atomic E-state index is 13.0. The van der Waals surface area contributed by atoms with E-state index in [1.54, 1.807) is 6.92 Å². The lowest BCUT2D eigenvalue weighted by atomic mass is 9.84. The van der Waals surface area contributed by atoms with Gasteiger partial charge >= 0.3 is 6.18 Å². The number of ether oxygens (including phenoxy) is 2. The zero-order chi connectivity index (χ0) is 28.5. The largest absolute Gasteiger partial charge is 0.496 e. The van der Waals surface area contributed by atoms with Crippen molar-refractivity contribution in [2.75, 3.05) is 19.9 Å². The summed E-state index contributed by atoms with van der Waals surface area (Å²) in [6, 6.07) is 1.18. The van der Waals surface area contributed by atoms with Crippen molar-refractivity contribution in [2.24, 2.45) is 0 Å². The van der Waals surface area contributed by atoms with Gasteiger partial charge in [-0.15, -0.1) is 0 Å². The second-order valence-corrected chi connectivity index (χ2v) is 12.0. The minimum Gasteiger partial charge on any atom is -0.496 e. The first-order valence-corrected chi connectivity index (χ1v) is 14.2. The van der Waals surface area contributed by atoms with Crippen molar-refractivity contribution >= 4 is 27.3 Å². The molecule has 2 N–H and O–H groups in total. The number of halogens is 4. The third kappa shape index (κ3) is 6.70. The van der Waals surface area contributed by atoms with Gasteiger partial charge in [-0.1, -0.05) is 11.6 Å². The average Bonchev–Trinajstić information content (AvgIpc) is 3.17. The first-order valence-electron chi connectivity index (χ1n) is 11.8. The Labute approximate surface area is 223 Å². The van der Waals surface area contributed by atoms with Crippen molar-refractivity contribution in [3.63, 3.8) is 0 Å². The molecular formula is C23H30ClF3N4O6S. The molecule has 10 nitrogen and oxygen atoms in total. The topological polar surface area (TPSA) is 133 Å². The molecule has 1 atom stereocenters. The van der Waals surface area contributed by atoms with Crippen LogP contribution in [0.1, 0.15) is 50.0 Å². The van der Waals surface area contributed by atoms with Crippen LogP contribution in [0.2, 0.25) is 5.02 Å². The first-order chi connectivity index (χ1) is 17.6. The molecule has 2 aromatic heterocycles. The molecule has 212 valence electrons. The Morgan fingerprint density at radius 3 is 2.53 bits per heavy atom. The van der Waals surface area contributed by atoms with Crippen molar-refractivity contribution < 1.29 is 41.0 Å². The second-order valence-electron chi connectivity index (χ2n) is 9.29. The quantitative estimate of drug-likeness (QED) is 0.460. The van der Waals surface area contributed by atoms with Gasteiger partial charge < -0.3 is 19.9 Å². The molecule has 0 spiro atoms. The smallest absolute Gasteiger partial charge is 0.425 e. The molecule has 1 aliphatic carbocycles. The molecule has 0 radical (unpaired) electrons. The van der Waals surface area contributed by atoms with Crippen LogP contribution in [0.25, 0.3) is 11.3 Å². The van der Waals surface area contributed by atoms with Gasteiger partial charge in [-0.2, -0.15) is 18.3 Å². The molecule has 0 saturated heterocycles. The highest BCUT2D eigenvalue weighted by Gasteiger charge is 2.39. The maximum atomic E-state index is 13.0. The zero-order valence-corrected chi connectivity index (χ0v) is 22.9. The number of alkyl halides is 3. The Kier molecular flexibility index (Phi) is 8.88. The molecule has 0 aromatic carbocycles. The number of amides is 1. The first kappa shape index (κ1) is 30.0. The highest BCUT2D eigenvalue weighted by atomic mass is 35.5. The summed E-state index contributed by atoms with van der Waals surface area (Å²) in [5.41, 5.74) is -0.872. The fourth-order valence-electron chi connectivity index (χ4n) is 4.21. The van der Waals surface area contributed by atoms with Crippen LogP contribution in [-0.2, 0) is 16.4 Å². The highest BCUT2D eigenvalue weighted by Crippen LogP contribution is 2.38. The molecule has 0 bridgehead atoms. The predicted octanol–water partition coefficient (Wildman–Crippen LogP) is 3.40. The standard InChI is InChI=1S/C23H30ClF3N4O6S/c1-5-31-20(15-11-28-17(10-16(15)36-3)37-13(2)23(25,26)27)18(24)19(30-31)21(32)29-12-22(33)8-6-14(7-9-22)38(4,34)35/h10-11,13-14,33H,5-9,12H2,1-4H3,(H,29,32)/t13-,14?,22?/m1/s1. The number of carbonyl (C=O) groups excluding carboxylic acids is 1. The van der Waals surface area contributed by atoms with Crippen molar-refractivity contribution in [2.45, 2.75) is 69.2 Å². The Morgan fingerprint density at radius 1 is 1.37 bits per heavy atom. The van der Waals surface area contributed by atoms with E-state index in [2.05, 4.69) is 15.4 Å². The normalized spacial score (nSPS) is 21.1. The minimum absolute atomic E-state index is 0.0467. The molecular weight excluding hydrogens is 553 g/mol. The van der Waals surface area contributed by atoms with Crippen LogP contribution in [0.5, 0.6) is 11.6 Å². The minimum atomic E-state index is -4.58. The van der Waals surface area contributed by atoms with Crippen LogP contribution in [0.3, 0.4) is 0 Å². The maximum Gasteiger partial charge on any atom is 0.425 e. The van der Waals surface area contributed by atoms with Crippen molar-refractivity contribution in [1.82, 2.24) is 20.1 Å². The predicted molar refractivity (Wildman–Crippen MR) is 133 cm³/mol. The summed E-state index contributed by atoms with van der Waals surface area (Å²) in [6.07, 6.45) is -3.31. The van der Waals surface area contributed by atoms with Crippen LogP contribution in [0.4, 0.5) is 13.2 Å². The molecule has 1 saturated carbocycles. The number of aryl methyl sites for hydroxylation is 1. The van der Waals surface area contributed by atoms with Crippen molar-refractivity contribution in [3.05, 3.63) is 23.0 Å². The molecule has 15 heteroatoms. The molecule has 1 fully saturated rings. The number of pyridine rings is 1. The number of nitrogens with one attached hydrogen (secondary N) is 1. The van der Waals surface area contributed by atoms with Gasteiger partial charge in [0.2, 0.25) is 5.88 Å². The van der Waals surface area contributed by atoms with Crippen molar-refractivity contribution in [1.29, 1.82) is 0 Å². The molecule has 38 heavy (non-hydrogen) atoms. The molecule has 2 aromatic rings. The van der Waals surface area contributed by atoms with E-state index in [0.717, 1.165) is 6.92 Å². The monoisotopic (exact) mass is 582 g/mol. The van der Waals surface area contributed by atoms with E-state index in [-0.39, 0.29) is 72.4 Å². The summed E-state index contributed by atoms with van der Waals surface area (Å²) in [5.74, 6) is -0.872. The third-order valence-electron chi connectivity index (χ3n) is 6.53. The fourth-order valence-corrected chi connectivity index (χ4v) is 5.63. The van der Waals surface area contributed by atoms with Crippen LogP contribution in [0.15, 0.2) is 12.3 Å². The Morgan fingerprint density at radius 2 is 2.00 bits per heavy atom. The summed E-state index contributed by atoms with van der Waals surface area (Å²) in [5, 5.41) is 17.2. The number of hydrogen-bond acceptors (Lipinski definition) is 8. The summed E-state index contributed by atoms with van der Waals surface area (Å²) in [7, 11) is -1.90. The van der Waals surface area contributed by atoms with Gasteiger partial charge in [0, 0.05) is 31.6 Å². The van der Waals surface area contributed by atoms with Gasteiger partial charge in [-0.25, -0.2) is 13.4 Å². The third-order valence-corrected chi connectivity index (χ3v) is 8.57. The summed E-state index contributed by atoms with van der Waals surface area (Å²) in [4.78, 5) is 16.9. The number of aliphatic hydroxyl groups is 1. The van der Waals surface area contributed by atoms with Crippen LogP contribution >= 0.6 is 11.6 Å². The van der Waals surface area contributed by atoms with Gasteiger partial charge in [0.05, 0.1) is 34.2 Å². The van der Waals surface area contributed by atoms with E-state index in [1.165, 1.54) is 30.3 Å². The number of methoxy groups -OCH3 is 1. The Balaban J connectivity index is 1.81. The number of hydrogen-bond donors (Lipinski definition) is 2.